The minimum atomic E-state index is 0.475. The monoisotopic (exact) mass is 220 g/mol. The summed E-state index contributed by atoms with van der Waals surface area (Å²) in [5, 5.41) is 6.58. The van der Waals surface area contributed by atoms with Gasteiger partial charge in [0.15, 0.2) is 0 Å². The van der Waals surface area contributed by atoms with Crippen molar-refractivity contribution in [3.05, 3.63) is 12.4 Å². The Morgan fingerprint density at radius 2 is 1.94 bits per heavy atom. The first-order valence-electron chi connectivity index (χ1n) is 6.02. The van der Waals surface area contributed by atoms with Crippen molar-refractivity contribution in [2.24, 2.45) is 5.41 Å². The molecule has 1 saturated carbocycles. The highest BCUT2D eigenvalue weighted by molar-refractivity contribution is 5.46. The molecule has 0 radical (unpaired) electrons. The molecule has 1 heterocycles. The maximum absolute atomic E-state index is 4.22. The first-order valence-corrected chi connectivity index (χ1v) is 6.02. The van der Waals surface area contributed by atoms with Crippen molar-refractivity contribution in [3.8, 4) is 0 Å². The molecule has 0 atom stereocenters. The number of rotatable bonds is 5. The fourth-order valence-corrected chi connectivity index (χ4v) is 1.99. The summed E-state index contributed by atoms with van der Waals surface area (Å²) in [6.07, 6.45) is 5.62. The van der Waals surface area contributed by atoms with Crippen LogP contribution in [0, 0.1) is 5.41 Å². The Hall–Kier alpha value is -1.32. The van der Waals surface area contributed by atoms with Gasteiger partial charge in [-0.15, -0.1) is 0 Å². The molecule has 4 heteroatoms. The Morgan fingerprint density at radius 3 is 2.50 bits per heavy atom. The molecular weight excluding hydrogens is 200 g/mol. The second-order valence-electron chi connectivity index (χ2n) is 4.84. The second kappa shape index (κ2) is 4.68. The molecule has 1 aliphatic carbocycles. The standard InChI is InChI=1S/C12H20N4/c1-3-13-10-7-11(16-9-15-10)14-8-12(2)5-4-6-12/h7,9H,3-6,8H2,1-2H3,(H2,13,14,15,16). The smallest absolute Gasteiger partial charge is 0.131 e. The fraction of sp³-hybridized carbons (Fsp3) is 0.667. The fourth-order valence-electron chi connectivity index (χ4n) is 1.99. The average molecular weight is 220 g/mol. The third-order valence-electron chi connectivity index (χ3n) is 3.28. The van der Waals surface area contributed by atoms with Crippen molar-refractivity contribution in [2.45, 2.75) is 33.1 Å². The topological polar surface area (TPSA) is 49.8 Å². The highest BCUT2D eigenvalue weighted by Crippen LogP contribution is 2.40. The van der Waals surface area contributed by atoms with Crippen molar-refractivity contribution in [2.75, 3.05) is 23.7 Å². The van der Waals surface area contributed by atoms with Gasteiger partial charge in [0.25, 0.3) is 0 Å². The number of nitrogens with one attached hydrogen (secondary N) is 2. The molecule has 0 unspecified atom stereocenters. The van der Waals surface area contributed by atoms with E-state index in [0.29, 0.717) is 5.41 Å². The molecule has 0 amide bonds. The SMILES string of the molecule is CCNc1cc(NCC2(C)CCC2)ncn1. The van der Waals surface area contributed by atoms with Gasteiger partial charge in [-0.2, -0.15) is 0 Å². The van der Waals surface area contributed by atoms with Gasteiger partial charge in [-0.1, -0.05) is 13.3 Å². The van der Waals surface area contributed by atoms with E-state index in [1.54, 1.807) is 6.33 Å². The molecule has 2 rings (SSSR count). The first-order chi connectivity index (χ1) is 7.72. The van der Waals surface area contributed by atoms with Crippen molar-refractivity contribution in [1.82, 2.24) is 9.97 Å². The molecule has 1 aromatic heterocycles. The van der Waals surface area contributed by atoms with Crippen LogP contribution >= 0.6 is 0 Å². The van der Waals surface area contributed by atoms with Gasteiger partial charge in [0, 0.05) is 19.2 Å². The zero-order valence-corrected chi connectivity index (χ0v) is 10.1. The zero-order chi connectivity index (χ0) is 11.4. The second-order valence-corrected chi connectivity index (χ2v) is 4.84. The van der Waals surface area contributed by atoms with Gasteiger partial charge in [-0.3, -0.25) is 0 Å². The molecule has 1 aromatic rings. The quantitative estimate of drug-likeness (QED) is 0.800. The summed E-state index contributed by atoms with van der Waals surface area (Å²) < 4.78 is 0. The van der Waals surface area contributed by atoms with Crippen molar-refractivity contribution in [1.29, 1.82) is 0 Å². The van der Waals surface area contributed by atoms with E-state index < -0.39 is 0 Å². The van der Waals surface area contributed by atoms with Crippen LogP contribution in [0.3, 0.4) is 0 Å². The summed E-state index contributed by atoms with van der Waals surface area (Å²) in [5.41, 5.74) is 0.475. The molecular formula is C12H20N4. The van der Waals surface area contributed by atoms with E-state index in [9.17, 15) is 0 Å². The van der Waals surface area contributed by atoms with Crippen LogP contribution in [0.4, 0.5) is 11.6 Å². The number of hydrogen-bond donors (Lipinski definition) is 2. The van der Waals surface area contributed by atoms with Crippen LogP contribution in [-0.2, 0) is 0 Å². The van der Waals surface area contributed by atoms with Gasteiger partial charge >= 0.3 is 0 Å². The van der Waals surface area contributed by atoms with Crippen LogP contribution < -0.4 is 10.6 Å². The zero-order valence-electron chi connectivity index (χ0n) is 10.1. The first kappa shape index (κ1) is 11.2. The van der Waals surface area contributed by atoms with Crippen molar-refractivity contribution >= 4 is 11.6 Å². The van der Waals surface area contributed by atoms with Crippen LogP contribution in [0.25, 0.3) is 0 Å². The van der Waals surface area contributed by atoms with Gasteiger partial charge in [0.1, 0.15) is 18.0 Å². The van der Waals surface area contributed by atoms with E-state index >= 15 is 0 Å². The molecule has 0 aromatic carbocycles. The summed E-state index contributed by atoms with van der Waals surface area (Å²) >= 11 is 0. The highest BCUT2D eigenvalue weighted by Gasteiger charge is 2.31. The summed E-state index contributed by atoms with van der Waals surface area (Å²) in [7, 11) is 0. The van der Waals surface area contributed by atoms with E-state index in [0.717, 1.165) is 24.7 Å². The lowest BCUT2D eigenvalue weighted by molar-refractivity contribution is 0.180. The van der Waals surface area contributed by atoms with E-state index in [-0.39, 0.29) is 0 Å². The Morgan fingerprint density at radius 1 is 1.25 bits per heavy atom. The average Bonchev–Trinajstić information content (AvgIpc) is 2.25. The number of anilines is 2. The van der Waals surface area contributed by atoms with Crippen molar-refractivity contribution in [3.63, 3.8) is 0 Å². The summed E-state index contributed by atoms with van der Waals surface area (Å²) in [5.74, 6) is 1.80. The number of nitrogens with zero attached hydrogens (tertiary/aromatic N) is 2. The van der Waals surface area contributed by atoms with Crippen molar-refractivity contribution < 1.29 is 0 Å². The van der Waals surface area contributed by atoms with Crippen LogP contribution in [0.1, 0.15) is 33.1 Å². The molecule has 16 heavy (non-hydrogen) atoms. The van der Waals surface area contributed by atoms with E-state index in [1.165, 1.54) is 19.3 Å². The molecule has 0 bridgehead atoms. The van der Waals surface area contributed by atoms with Gasteiger partial charge < -0.3 is 10.6 Å². The summed E-state index contributed by atoms with van der Waals surface area (Å²) in [6.45, 7) is 6.28. The molecule has 88 valence electrons. The molecule has 0 saturated heterocycles. The summed E-state index contributed by atoms with van der Waals surface area (Å²) in [6, 6.07) is 1.96. The third-order valence-corrected chi connectivity index (χ3v) is 3.28. The predicted octanol–water partition coefficient (Wildman–Crippen LogP) is 2.51. The third kappa shape index (κ3) is 2.62. The van der Waals surface area contributed by atoms with Crippen LogP contribution in [0.15, 0.2) is 12.4 Å². The van der Waals surface area contributed by atoms with Crippen LogP contribution in [0.5, 0.6) is 0 Å². The maximum Gasteiger partial charge on any atom is 0.131 e. The molecule has 0 spiro atoms. The van der Waals surface area contributed by atoms with Gasteiger partial charge in [0.2, 0.25) is 0 Å². The lowest BCUT2D eigenvalue weighted by Gasteiger charge is -2.38. The maximum atomic E-state index is 4.22. The van der Waals surface area contributed by atoms with Gasteiger partial charge in [-0.05, 0) is 25.2 Å². The summed E-state index contributed by atoms with van der Waals surface area (Å²) in [4.78, 5) is 8.37. The van der Waals surface area contributed by atoms with E-state index in [2.05, 4.69) is 34.4 Å². The Labute approximate surface area is 96.9 Å². The minimum Gasteiger partial charge on any atom is -0.370 e. The molecule has 1 aliphatic rings. The largest absolute Gasteiger partial charge is 0.370 e. The van der Waals surface area contributed by atoms with Crippen LogP contribution in [0.2, 0.25) is 0 Å². The lowest BCUT2D eigenvalue weighted by atomic mass is 9.70. The molecule has 2 N–H and O–H groups in total. The Bertz CT molecular complexity index is 347. The lowest BCUT2D eigenvalue weighted by Crippen LogP contribution is -2.33. The van der Waals surface area contributed by atoms with Crippen LogP contribution in [-0.4, -0.2) is 23.1 Å². The Balaban J connectivity index is 1.90. The predicted molar refractivity (Wildman–Crippen MR) is 66.6 cm³/mol. The number of hydrogen-bond acceptors (Lipinski definition) is 4. The van der Waals surface area contributed by atoms with Gasteiger partial charge in [0.05, 0.1) is 0 Å². The van der Waals surface area contributed by atoms with E-state index in [4.69, 9.17) is 0 Å². The molecule has 0 aliphatic heterocycles. The van der Waals surface area contributed by atoms with Gasteiger partial charge in [-0.25, -0.2) is 9.97 Å². The normalized spacial score (nSPS) is 17.6. The van der Waals surface area contributed by atoms with E-state index in [1.807, 2.05) is 6.07 Å². The molecule has 4 nitrogen and oxygen atoms in total. The highest BCUT2D eigenvalue weighted by atomic mass is 15.1. The minimum absolute atomic E-state index is 0.475. The molecule has 1 fully saturated rings. The Kier molecular flexibility index (Phi) is 3.27. The number of aromatic nitrogens is 2.